The molecule has 49 heavy (non-hydrogen) atoms. The summed E-state index contributed by atoms with van der Waals surface area (Å²) in [5.74, 6) is 1.20. The first-order chi connectivity index (χ1) is 23.5. The Morgan fingerprint density at radius 1 is 1.08 bits per heavy atom. The number of furan rings is 1. The van der Waals surface area contributed by atoms with Crippen LogP contribution in [0.1, 0.15) is 66.3 Å². The van der Waals surface area contributed by atoms with Crippen molar-refractivity contribution in [3.63, 3.8) is 0 Å². The van der Waals surface area contributed by atoms with Crippen LogP contribution in [0.15, 0.2) is 92.6 Å². The number of carbonyl (C=O) groups excluding carboxylic acids is 1. The predicted octanol–water partition coefficient (Wildman–Crippen LogP) is 6.85. The standard InChI is InChI=1S/C38H35N3O7S/c1-7-47-37(43)33-34(24-11-9-8-10-12-24)39-38-40(35(33)29-20-28(21(2)3)31(46-6)18-23(29)5)36(42)32(49-38)19-26-14-16-30(48-26)27-15-13-25(41(44)45)17-22(27)4/h8-21,35H,7H2,1-6H3/b32-19-/t35-/m0/s1. The lowest BCUT2D eigenvalue weighted by molar-refractivity contribution is -0.384. The number of esters is 1. The molecule has 0 aliphatic carbocycles. The Bertz CT molecular complexity index is 2310. The highest BCUT2D eigenvalue weighted by molar-refractivity contribution is 7.07. The number of benzene rings is 3. The Labute approximate surface area is 286 Å². The van der Waals surface area contributed by atoms with E-state index in [1.165, 1.54) is 23.5 Å². The van der Waals surface area contributed by atoms with Crippen molar-refractivity contribution in [3.05, 3.63) is 142 Å². The van der Waals surface area contributed by atoms with Crippen LogP contribution >= 0.6 is 11.3 Å². The van der Waals surface area contributed by atoms with Gasteiger partial charge in [0.15, 0.2) is 4.80 Å². The first-order valence-electron chi connectivity index (χ1n) is 15.8. The molecule has 11 heteroatoms. The van der Waals surface area contributed by atoms with Crippen molar-refractivity contribution >= 4 is 34.8 Å². The Kier molecular flexibility index (Phi) is 9.20. The number of ether oxygens (including phenoxy) is 2. The topological polar surface area (TPSA) is 126 Å². The van der Waals surface area contributed by atoms with Crippen molar-refractivity contribution < 1.29 is 23.6 Å². The number of nitrogens with zero attached hydrogens (tertiary/aromatic N) is 3. The van der Waals surface area contributed by atoms with Crippen LogP contribution in [0.25, 0.3) is 23.1 Å². The number of thiazole rings is 1. The summed E-state index contributed by atoms with van der Waals surface area (Å²) in [5, 5.41) is 11.2. The van der Waals surface area contributed by atoms with Gasteiger partial charge in [0, 0.05) is 29.3 Å². The molecule has 0 radical (unpaired) electrons. The van der Waals surface area contributed by atoms with E-state index in [0.29, 0.717) is 37.7 Å². The molecule has 3 aromatic carbocycles. The number of methoxy groups -OCH3 is 1. The van der Waals surface area contributed by atoms with Crippen LogP contribution < -0.4 is 19.6 Å². The first-order valence-corrected chi connectivity index (χ1v) is 16.7. The molecule has 0 spiro atoms. The maximum Gasteiger partial charge on any atom is 0.338 e. The van der Waals surface area contributed by atoms with Crippen LogP contribution in [-0.4, -0.2) is 29.2 Å². The van der Waals surface area contributed by atoms with Gasteiger partial charge in [-0.15, -0.1) is 0 Å². The van der Waals surface area contributed by atoms with Crippen molar-refractivity contribution in [2.75, 3.05) is 13.7 Å². The lowest BCUT2D eigenvalue weighted by atomic mass is 9.87. The highest BCUT2D eigenvalue weighted by Crippen LogP contribution is 2.40. The van der Waals surface area contributed by atoms with Crippen LogP contribution in [0.3, 0.4) is 0 Å². The van der Waals surface area contributed by atoms with Crippen LogP contribution in [0.4, 0.5) is 5.69 Å². The van der Waals surface area contributed by atoms with Gasteiger partial charge in [-0.3, -0.25) is 19.5 Å². The van der Waals surface area contributed by atoms with Gasteiger partial charge in [0.05, 0.1) is 40.5 Å². The van der Waals surface area contributed by atoms with Crippen molar-refractivity contribution in [2.24, 2.45) is 4.99 Å². The number of nitro groups is 1. The van der Waals surface area contributed by atoms with Crippen LogP contribution in [0.5, 0.6) is 5.75 Å². The number of non-ortho nitro benzene ring substituents is 1. The number of hydrogen-bond acceptors (Lipinski definition) is 9. The summed E-state index contributed by atoms with van der Waals surface area (Å²) in [5.41, 5.74) is 5.01. The van der Waals surface area contributed by atoms with Gasteiger partial charge in [0.2, 0.25) is 0 Å². The third-order valence-electron chi connectivity index (χ3n) is 8.50. The summed E-state index contributed by atoms with van der Waals surface area (Å²) in [6.45, 7) is 9.74. The van der Waals surface area contributed by atoms with Gasteiger partial charge in [-0.25, -0.2) is 9.79 Å². The van der Waals surface area contributed by atoms with Crippen molar-refractivity contribution in [1.82, 2.24) is 4.57 Å². The van der Waals surface area contributed by atoms with E-state index in [9.17, 15) is 19.7 Å². The minimum atomic E-state index is -0.842. The number of fused-ring (bicyclic) bond motifs is 1. The highest BCUT2D eigenvalue weighted by Gasteiger charge is 2.36. The molecule has 5 aromatic rings. The van der Waals surface area contributed by atoms with Crippen molar-refractivity contribution in [2.45, 2.75) is 46.6 Å². The van der Waals surface area contributed by atoms with Crippen LogP contribution in [0, 0.1) is 24.0 Å². The molecule has 3 heterocycles. The summed E-state index contributed by atoms with van der Waals surface area (Å²) >= 11 is 1.20. The predicted molar refractivity (Wildman–Crippen MR) is 188 cm³/mol. The monoisotopic (exact) mass is 677 g/mol. The number of aromatic nitrogens is 1. The molecule has 0 amide bonds. The minimum Gasteiger partial charge on any atom is -0.496 e. The maximum atomic E-state index is 14.4. The van der Waals surface area contributed by atoms with E-state index in [2.05, 4.69) is 13.8 Å². The van der Waals surface area contributed by atoms with E-state index in [1.807, 2.05) is 49.4 Å². The summed E-state index contributed by atoms with van der Waals surface area (Å²) in [4.78, 5) is 44.5. The molecule has 1 aliphatic heterocycles. The maximum absolute atomic E-state index is 14.4. The minimum absolute atomic E-state index is 0.00614. The smallest absolute Gasteiger partial charge is 0.338 e. The summed E-state index contributed by atoms with van der Waals surface area (Å²) in [6.07, 6.45) is 1.65. The lowest BCUT2D eigenvalue weighted by Crippen LogP contribution is -2.40. The van der Waals surface area contributed by atoms with Gasteiger partial charge in [-0.05, 0) is 79.3 Å². The molecule has 0 unspecified atom stereocenters. The number of aryl methyl sites for hydroxylation is 2. The fourth-order valence-electron chi connectivity index (χ4n) is 6.12. The van der Waals surface area contributed by atoms with E-state index in [1.54, 1.807) is 49.8 Å². The summed E-state index contributed by atoms with van der Waals surface area (Å²) in [6, 6.07) is 20.6. The summed E-state index contributed by atoms with van der Waals surface area (Å²) < 4.78 is 19.4. The molecule has 250 valence electrons. The molecule has 0 saturated carbocycles. The molecule has 1 aliphatic rings. The fraction of sp³-hybridized carbons (Fsp3) is 0.237. The van der Waals surface area contributed by atoms with Gasteiger partial charge in [-0.1, -0.05) is 55.5 Å². The number of rotatable bonds is 9. The number of carbonyl (C=O) groups is 1. The molecule has 1 atom stereocenters. The SMILES string of the molecule is CCOC(=O)C1=C(c2ccccc2)N=c2s/c(=C\c3ccc(-c4ccc([N+](=O)[O-])cc4C)o3)c(=O)n2[C@H]1c1cc(C(C)C)c(OC)cc1C. The fourth-order valence-corrected chi connectivity index (χ4v) is 7.10. The van der Waals surface area contributed by atoms with Crippen molar-refractivity contribution in [3.8, 4) is 17.1 Å². The molecule has 0 N–H and O–H groups in total. The van der Waals surface area contributed by atoms with Gasteiger partial charge >= 0.3 is 5.97 Å². The molecular weight excluding hydrogens is 642 g/mol. The molecule has 6 rings (SSSR count). The van der Waals surface area contributed by atoms with E-state index >= 15 is 0 Å². The molecule has 0 fully saturated rings. The second-order valence-electron chi connectivity index (χ2n) is 12.0. The molecular formula is C38H35N3O7S. The average molecular weight is 678 g/mol. The van der Waals surface area contributed by atoms with Gasteiger partial charge in [-0.2, -0.15) is 0 Å². The van der Waals surface area contributed by atoms with Gasteiger partial charge in [0.25, 0.3) is 11.2 Å². The number of hydrogen-bond donors (Lipinski definition) is 0. The van der Waals surface area contributed by atoms with E-state index in [0.717, 1.165) is 28.0 Å². The highest BCUT2D eigenvalue weighted by atomic mass is 32.1. The Morgan fingerprint density at radius 2 is 1.84 bits per heavy atom. The second kappa shape index (κ2) is 13.5. The van der Waals surface area contributed by atoms with Gasteiger partial charge in [0.1, 0.15) is 17.3 Å². The average Bonchev–Trinajstić information content (AvgIpc) is 3.67. The first kappa shape index (κ1) is 33.4. The van der Waals surface area contributed by atoms with E-state index in [4.69, 9.17) is 18.9 Å². The van der Waals surface area contributed by atoms with E-state index < -0.39 is 16.9 Å². The van der Waals surface area contributed by atoms with E-state index in [-0.39, 0.29) is 29.3 Å². The zero-order valence-corrected chi connectivity index (χ0v) is 28.8. The molecule has 2 aromatic heterocycles. The Balaban J connectivity index is 1.59. The van der Waals surface area contributed by atoms with Crippen molar-refractivity contribution in [1.29, 1.82) is 0 Å². The van der Waals surface area contributed by atoms with Gasteiger partial charge < -0.3 is 13.9 Å². The summed E-state index contributed by atoms with van der Waals surface area (Å²) in [7, 11) is 1.63. The quantitative estimate of drug-likeness (QED) is 0.0949. The third kappa shape index (κ3) is 6.25. The Hall–Kier alpha value is -5.55. The van der Waals surface area contributed by atoms with Crippen LogP contribution in [0.2, 0.25) is 0 Å². The largest absolute Gasteiger partial charge is 0.496 e. The number of nitro benzene ring substituents is 1. The zero-order chi connectivity index (χ0) is 35.0. The van der Waals surface area contributed by atoms with Crippen LogP contribution in [-0.2, 0) is 9.53 Å². The molecule has 0 saturated heterocycles. The second-order valence-corrected chi connectivity index (χ2v) is 13.0. The molecule has 0 bridgehead atoms. The zero-order valence-electron chi connectivity index (χ0n) is 28.0. The molecule has 10 nitrogen and oxygen atoms in total. The Morgan fingerprint density at radius 3 is 2.49 bits per heavy atom. The third-order valence-corrected chi connectivity index (χ3v) is 9.48. The normalized spacial score (nSPS) is 14.5. The lowest BCUT2D eigenvalue weighted by Gasteiger charge is -2.28.